The average Bonchev–Trinajstić information content (AvgIpc) is 2.17. The molecule has 1 aliphatic carbocycles. The number of anilines is 2. The lowest BCUT2D eigenvalue weighted by molar-refractivity contribution is 0.554. The van der Waals surface area contributed by atoms with Crippen molar-refractivity contribution < 1.29 is 0 Å². The van der Waals surface area contributed by atoms with Crippen LogP contribution in [0.4, 0.5) is 11.8 Å². The molecule has 1 aliphatic rings. The smallest absolute Gasteiger partial charge is 0.222 e. The first-order valence-electron chi connectivity index (χ1n) is 4.51. The molecule has 1 aromatic heterocycles. The Kier molecular flexibility index (Phi) is 1.97. The summed E-state index contributed by atoms with van der Waals surface area (Å²) >= 11 is 0. The third-order valence-electron chi connectivity index (χ3n) is 2.50. The Morgan fingerprint density at radius 3 is 2.86 bits per heavy atom. The summed E-state index contributed by atoms with van der Waals surface area (Å²) in [6.45, 7) is 0. The van der Waals surface area contributed by atoms with E-state index in [0.29, 0.717) is 12.2 Å². The average molecular weight is 189 g/mol. The molecule has 0 saturated carbocycles. The Morgan fingerprint density at radius 2 is 2.14 bits per heavy atom. The molecule has 1 heterocycles. The highest BCUT2D eigenvalue weighted by atomic mass is 15.0. The predicted octanol–water partition coefficient (Wildman–Crippen LogP) is 0.269. The van der Waals surface area contributed by atoms with Gasteiger partial charge < -0.3 is 11.5 Å². The van der Waals surface area contributed by atoms with Crippen molar-refractivity contribution in [2.75, 3.05) is 11.5 Å². The van der Waals surface area contributed by atoms with Gasteiger partial charge in [-0.05, 0) is 19.3 Å². The van der Waals surface area contributed by atoms with Gasteiger partial charge in [-0.3, -0.25) is 0 Å². The fraction of sp³-hybridized carbons (Fsp3) is 0.444. The first kappa shape index (κ1) is 8.75. The zero-order valence-electron chi connectivity index (χ0n) is 7.70. The first-order valence-corrected chi connectivity index (χ1v) is 4.51. The molecule has 0 aromatic carbocycles. The fourth-order valence-electron chi connectivity index (χ4n) is 1.77. The van der Waals surface area contributed by atoms with Gasteiger partial charge in [0.25, 0.3) is 0 Å². The van der Waals surface area contributed by atoms with Crippen molar-refractivity contribution in [3.8, 4) is 6.07 Å². The van der Waals surface area contributed by atoms with Crippen LogP contribution in [0.1, 0.15) is 17.7 Å². The molecule has 0 fully saturated rings. The zero-order valence-corrected chi connectivity index (χ0v) is 7.70. The van der Waals surface area contributed by atoms with E-state index >= 15 is 0 Å². The third kappa shape index (κ3) is 1.35. The van der Waals surface area contributed by atoms with Crippen LogP contribution < -0.4 is 11.5 Å². The second-order valence-corrected chi connectivity index (χ2v) is 3.46. The molecular weight excluding hydrogens is 178 g/mol. The molecule has 72 valence electrons. The first-order chi connectivity index (χ1) is 6.70. The van der Waals surface area contributed by atoms with Crippen molar-refractivity contribution in [2.45, 2.75) is 19.3 Å². The van der Waals surface area contributed by atoms with E-state index in [2.05, 4.69) is 16.0 Å². The van der Waals surface area contributed by atoms with Gasteiger partial charge in [0.1, 0.15) is 5.82 Å². The van der Waals surface area contributed by atoms with Crippen molar-refractivity contribution >= 4 is 11.8 Å². The summed E-state index contributed by atoms with van der Waals surface area (Å²) in [6, 6.07) is 2.24. The highest BCUT2D eigenvalue weighted by molar-refractivity contribution is 5.47. The molecule has 1 aromatic rings. The summed E-state index contributed by atoms with van der Waals surface area (Å²) in [5, 5.41) is 8.81. The second-order valence-electron chi connectivity index (χ2n) is 3.46. The van der Waals surface area contributed by atoms with E-state index in [1.54, 1.807) is 0 Å². The highest BCUT2D eigenvalue weighted by Crippen LogP contribution is 2.27. The number of hydrogen-bond donors (Lipinski definition) is 2. The van der Waals surface area contributed by atoms with Crippen molar-refractivity contribution in [1.82, 2.24) is 9.97 Å². The Balaban J connectivity index is 2.43. The Bertz CT molecular complexity index is 406. The lowest BCUT2D eigenvalue weighted by Gasteiger charge is -2.19. The number of nitrogens with zero attached hydrogens (tertiary/aromatic N) is 3. The van der Waals surface area contributed by atoms with Gasteiger partial charge in [0.15, 0.2) is 0 Å². The van der Waals surface area contributed by atoms with Crippen LogP contribution in [0.5, 0.6) is 0 Å². The maximum Gasteiger partial charge on any atom is 0.222 e. The van der Waals surface area contributed by atoms with E-state index < -0.39 is 0 Å². The molecule has 0 amide bonds. The largest absolute Gasteiger partial charge is 0.383 e. The van der Waals surface area contributed by atoms with Crippen LogP contribution in [0.2, 0.25) is 0 Å². The summed E-state index contributed by atoms with van der Waals surface area (Å²) in [7, 11) is 0. The quantitative estimate of drug-likeness (QED) is 0.609. The number of nitriles is 1. The van der Waals surface area contributed by atoms with E-state index in [1.807, 2.05) is 0 Å². The van der Waals surface area contributed by atoms with Gasteiger partial charge in [-0.25, -0.2) is 4.98 Å². The molecule has 0 saturated heterocycles. The second kappa shape index (κ2) is 3.14. The number of aryl methyl sites for hydroxylation is 1. The van der Waals surface area contributed by atoms with Crippen molar-refractivity contribution in [3.05, 3.63) is 11.3 Å². The van der Waals surface area contributed by atoms with Crippen LogP contribution in [0, 0.1) is 17.2 Å². The number of nitrogen functional groups attached to an aromatic ring is 2. The van der Waals surface area contributed by atoms with Crippen molar-refractivity contribution in [1.29, 1.82) is 5.26 Å². The van der Waals surface area contributed by atoms with Crippen molar-refractivity contribution in [2.24, 2.45) is 5.92 Å². The molecule has 0 aliphatic heterocycles. The lowest BCUT2D eigenvalue weighted by atomic mass is 9.88. The maximum atomic E-state index is 8.81. The Morgan fingerprint density at radius 1 is 1.36 bits per heavy atom. The third-order valence-corrected chi connectivity index (χ3v) is 2.50. The minimum Gasteiger partial charge on any atom is -0.383 e. The lowest BCUT2D eigenvalue weighted by Crippen LogP contribution is -2.18. The molecule has 0 bridgehead atoms. The van der Waals surface area contributed by atoms with E-state index in [4.69, 9.17) is 16.7 Å². The predicted molar refractivity (Wildman–Crippen MR) is 52.0 cm³/mol. The Hall–Kier alpha value is -1.83. The van der Waals surface area contributed by atoms with Gasteiger partial charge in [0, 0.05) is 5.56 Å². The van der Waals surface area contributed by atoms with Crippen LogP contribution in [0.15, 0.2) is 0 Å². The molecule has 14 heavy (non-hydrogen) atoms. The molecule has 0 unspecified atom stereocenters. The molecule has 0 radical (unpaired) electrons. The SMILES string of the molecule is N#C[C@@H]1CCc2nc(N)nc(N)c2C1. The molecule has 2 rings (SSSR count). The van der Waals surface area contributed by atoms with Gasteiger partial charge in [-0.2, -0.15) is 10.2 Å². The number of aromatic nitrogens is 2. The zero-order chi connectivity index (χ0) is 10.1. The summed E-state index contributed by atoms with van der Waals surface area (Å²) in [5.74, 6) is 0.682. The van der Waals surface area contributed by atoms with Crippen LogP contribution in [0.3, 0.4) is 0 Å². The molecule has 4 N–H and O–H groups in total. The van der Waals surface area contributed by atoms with Crippen LogP contribution in [-0.2, 0) is 12.8 Å². The van der Waals surface area contributed by atoms with E-state index in [1.165, 1.54) is 0 Å². The summed E-state index contributed by atoms with van der Waals surface area (Å²) in [6.07, 6.45) is 2.25. The van der Waals surface area contributed by atoms with Gasteiger partial charge in [0.2, 0.25) is 5.95 Å². The van der Waals surface area contributed by atoms with Gasteiger partial charge in [0.05, 0.1) is 17.7 Å². The van der Waals surface area contributed by atoms with E-state index in [0.717, 1.165) is 24.1 Å². The normalized spacial score (nSPS) is 19.8. The van der Waals surface area contributed by atoms with Crippen molar-refractivity contribution in [3.63, 3.8) is 0 Å². The maximum absolute atomic E-state index is 8.81. The number of hydrogen-bond acceptors (Lipinski definition) is 5. The fourth-order valence-corrected chi connectivity index (χ4v) is 1.77. The van der Waals surface area contributed by atoms with E-state index in [9.17, 15) is 0 Å². The number of nitrogens with two attached hydrogens (primary N) is 2. The summed E-state index contributed by atoms with van der Waals surface area (Å²) in [5.41, 5.74) is 13.0. The summed E-state index contributed by atoms with van der Waals surface area (Å²) < 4.78 is 0. The number of fused-ring (bicyclic) bond motifs is 1. The Labute approximate surface area is 81.8 Å². The van der Waals surface area contributed by atoms with E-state index in [-0.39, 0.29) is 11.9 Å². The summed E-state index contributed by atoms with van der Waals surface area (Å²) in [4.78, 5) is 8.01. The van der Waals surface area contributed by atoms with Gasteiger partial charge >= 0.3 is 0 Å². The monoisotopic (exact) mass is 189 g/mol. The number of rotatable bonds is 0. The standard InChI is InChI=1S/C9H11N5/c10-4-5-1-2-7-6(3-5)8(11)14-9(12)13-7/h5H,1-3H2,(H4,11,12,13,14)/t5-/m1/s1. The van der Waals surface area contributed by atoms with Gasteiger partial charge in [-0.15, -0.1) is 0 Å². The van der Waals surface area contributed by atoms with Crippen LogP contribution in [-0.4, -0.2) is 9.97 Å². The molecule has 1 atom stereocenters. The topological polar surface area (TPSA) is 102 Å². The molecule has 5 heteroatoms. The minimum atomic E-state index is 0.0389. The van der Waals surface area contributed by atoms with Crippen LogP contribution in [0.25, 0.3) is 0 Å². The minimum absolute atomic E-state index is 0.0389. The highest BCUT2D eigenvalue weighted by Gasteiger charge is 2.22. The van der Waals surface area contributed by atoms with Crippen LogP contribution >= 0.6 is 0 Å². The molecule has 5 nitrogen and oxygen atoms in total. The van der Waals surface area contributed by atoms with Gasteiger partial charge in [-0.1, -0.05) is 0 Å². The molecular formula is C9H11N5. The molecule has 0 spiro atoms.